The normalized spacial score (nSPS) is 11.6. The molecule has 1 N–H and O–H groups in total. The number of hydrogen-bond acceptors (Lipinski definition) is 2. The molecule has 1 atom stereocenters. The molecule has 0 aliphatic heterocycles. The number of hydrogen-bond donors (Lipinski definition) is 1. The molecule has 0 spiro atoms. The van der Waals surface area contributed by atoms with E-state index in [9.17, 15) is 4.79 Å². The van der Waals surface area contributed by atoms with Gasteiger partial charge in [0, 0.05) is 11.6 Å². The molecule has 18 heavy (non-hydrogen) atoms. The van der Waals surface area contributed by atoms with E-state index in [2.05, 4.69) is 5.32 Å². The number of benzene rings is 1. The van der Waals surface area contributed by atoms with E-state index in [4.69, 9.17) is 23.2 Å². The molecule has 0 aliphatic carbocycles. The third kappa shape index (κ3) is 5.74. The van der Waals surface area contributed by atoms with Crippen LogP contribution in [0.4, 0.5) is 0 Å². The highest BCUT2D eigenvalue weighted by Gasteiger charge is 2.10. The van der Waals surface area contributed by atoms with Crippen molar-refractivity contribution in [3.05, 3.63) is 33.8 Å². The van der Waals surface area contributed by atoms with Gasteiger partial charge < -0.3 is 5.32 Å². The van der Waals surface area contributed by atoms with Gasteiger partial charge in [0.2, 0.25) is 0 Å². The van der Waals surface area contributed by atoms with E-state index in [1.807, 2.05) is 13.2 Å². The van der Waals surface area contributed by atoms with Crippen LogP contribution in [0.3, 0.4) is 0 Å². The summed E-state index contributed by atoms with van der Waals surface area (Å²) in [5, 5.41) is 3.78. The molecule has 0 radical (unpaired) electrons. The maximum absolute atomic E-state index is 11.9. The number of halogens is 2. The van der Waals surface area contributed by atoms with Crippen molar-refractivity contribution in [2.45, 2.75) is 19.4 Å². The summed E-state index contributed by atoms with van der Waals surface area (Å²) in [4.78, 5) is 11.9. The number of carbonyl (C=O) groups is 1. The average molecular weight is 326 g/mol. The fourth-order valence-electron chi connectivity index (χ4n) is 1.31. The summed E-state index contributed by atoms with van der Waals surface area (Å²) < 4.78 is 0. The lowest BCUT2D eigenvalue weighted by Crippen LogP contribution is -2.32. The lowest BCUT2D eigenvalue weighted by molar-refractivity contribution is 0.0939. The Morgan fingerprint density at radius 3 is 2.61 bits per heavy atom. The van der Waals surface area contributed by atoms with Gasteiger partial charge in [-0.25, -0.2) is 0 Å². The molecule has 0 aliphatic rings. The molecule has 2 nitrogen and oxygen atoms in total. The van der Waals surface area contributed by atoms with Gasteiger partial charge in [0.05, 0.1) is 10.0 Å². The standard InChI is InChI=1S/C12H15Cl2NOS.H2S/c1-8(5-6-17-2)15-12(16)9-3-4-10(13)11(14)7-9;/h3-4,7-8H,5-6H2,1-2H3,(H,15,16);1H2/t8-;/m0./s1. The zero-order valence-corrected chi connectivity index (χ0v) is 13.6. The van der Waals surface area contributed by atoms with Crippen molar-refractivity contribution in [3.63, 3.8) is 0 Å². The quantitative estimate of drug-likeness (QED) is 0.887. The molecule has 1 aromatic rings. The van der Waals surface area contributed by atoms with E-state index < -0.39 is 0 Å². The monoisotopic (exact) mass is 325 g/mol. The number of thioether (sulfide) groups is 1. The molecule has 0 saturated carbocycles. The molecule has 0 fully saturated rings. The van der Waals surface area contributed by atoms with Crippen LogP contribution in [0.2, 0.25) is 10.0 Å². The summed E-state index contributed by atoms with van der Waals surface area (Å²) in [5.41, 5.74) is 0.537. The zero-order valence-electron chi connectivity index (χ0n) is 10.3. The molecule has 0 saturated heterocycles. The van der Waals surface area contributed by atoms with Crippen molar-refractivity contribution < 1.29 is 4.79 Å². The summed E-state index contributed by atoms with van der Waals surface area (Å²) in [6.45, 7) is 1.99. The SMILES string of the molecule is CSCC[C@H](C)NC(=O)c1ccc(Cl)c(Cl)c1.S. The second kappa shape index (κ2) is 8.97. The van der Waals surface area contributed by atoms with Gasteiger partial charge in [0.1, 0.15) is 0 Å². The highest BCUT2D eigenvalue weighted by atomic mass is 35.5. The van der Waals surface area contributed by atoms with E-state index in [0.717, 1.165) is 12.2 Å². The first kappa shape index (κ1) is 18.0. The topological polar surface area (TPSA) is 29.1 Å². The van der Waals surface area contributed by atoms with Crippen LogP contribution in [-0.4, -0.2) is 24.0 Å². The molecule has 0 bridgehead atoms. The Bertz CT molecular complexity index is 402. The highest BCUT2D eigenvalue weighted by molar-refractivity contribution is 7.98. The maximum atomic E-state index is 11.9. The van der Waals surface area contributed by atoms with Crippen molar-refractivity contribution in [2.24, 2.45) is 0 Å². The number of amides is 1. The largest absolute Gasteiger partial charge is 0.350 e. The van der Waals surface area contributed by atoms with Gasteiger partial charge >= 0.3 is 0 Å². The fraction of sp³-hybridized carbons (Fsp3) is 0.417. The minimum atomic E-state index is -0.114. The smallest absolute Gasteiger partial charge is 0.251 e. The molecule has 0 heterocycles. The Labute approximate surface area is 129 Å². The van der Waals surface area contributed by atoms with Gasteiger partial charge in [-0.3, -0.25) is 4.79 Å². The molecule has 0 aromatic heterocycles. The first-order valence-corrected chi connectivity index (χ1v) is 7.44. The number of rotatable bonds is 5. The van der Waals surface area contributed by atoms with Crippen LogP contribution in [-0.2, 0) is 0 Å². The Hall–Kier alpha value is -0.0300. The van der Waals surface area contributed by atoms with Crippen molar-refractivity contribution in [1.29, 1.82) is 0 Å². The van der Waals surface area contributed by atoms with E-state index in [-0.39, 0.29) is 25.4 Å². The van der Waals surface area contributed by atoms with Gasteiger partial charge in [-0.1, -0.05) is 23.2 Å². The molecular weight excluding hydrogens is 309 g/mol. The maximum Gasteiger partial charge on any atom is 0.251 e. The summed E-state index contributed by atoms with van der Waals surface area (Å²) >= 11 is 13.4. The first-order chi connectivity index (χ1) is 8.04. The average Bonchev–Trinajstić information content (AvgIpc) is 2.30. The number of nitrogens with one attached hydrogen (secondary N) is 1. The van der Waals surface area contributed by atoms with Crippen LogP contribution in [0.15, 0.2) is 18.2 Å². The Morgan fingerprint density at radius 2 is 2.06 bits per heavy atom. The van der Waals surface area contributed by atoms with Crippen LogP contribution in [0.5, 0.6) is 0 Å². The van der Waals surface area contributed by atoms with E-state index >= 15 is 0 Å². The fourth-order valence-corrected chi connectivity index (χ4v) is 2.20. The molecule has 0 unspecified atom stereocenters. The van der Waals surface area contributed by atoms with Gasteiger partial charge in [0.25, 0.3) is 5.91 Å². The van der Waals surface area contributed by atoms with Crippen LogP contribution in [0.1, 0.15) is 23.7 Å². The number of carbonyl (C=O) groups excluding carboxylic acids is 1. The Morgan fingerprint density at radius 1 is 1.39 bits per heavy atom. The van der Waals surface area contributed by atoms with Crippen LogP contribution in [0, 0.1) is 0 Å². The van der Waals surface area contributed by atoms with Crippen LogP contribution in [0.25, 0.3) is 0 Å². The highest BCUT2D eigenvalue weighted by Crippen LogP contribution is 2.22. The van der Waals surface area contributed by atoms with Gasteiger partial charge in [-0.05, 0) is 43.6 Å². The second-order valence-electron chi connectivity index (χ2n) is 3.78. The zero-order chi connectivity index (χ0) is 12.8. The second-order valence-corrected chi connectivity index (χ2v) is 5.58. The predicted molar refractivity (Wildman–Crippen MR) is 86.8 cm³/mol. The lowest BCUT2D eigenvalue weighted by Gasteiger charge is -2.13. The van der Waals surface area contributed by atoms with E-state index in [0.29, 0.717) is 15.6 Å². The molecule has 1 amide bonds. The van der Waals surface area contributed by atoms with Crippen LogP contribution >= 0.6 is 48.5 Å². The van der Waals surface area contributed by atoms with E-state index in [1.165, 1.54) is 0 Å². The van der Waals surface area contributed by atoms with E-state index in [1.54, 1.807) is 30.0 Å². The predicted octanol–water partition coefficient (Wildman–Crippen LogP) is 3.98. The minimum Gasteiger partial charge on any atom is -0.350 e. The van der Waals surface area contributed by atoms with Gasteiger partial charge in [-0.2, -0.15) is 25.3 Å². The van der Waals surface area contributed by atoms with Gasteiger partial charge in [-0.15, -0.1) is 0 Å². The minimum absolute atomic E-state index is 0. The Kier molecular flexibility index (Phi) is 8.95. The van der Waals surface area contributed by atoms with Crippen molar-refractivity contribution in [3.8, 4) is 0 Å². The van der Waals surface area contributed by atoms with Crippen molar-refractivity contribution in [1.82, 2.24) is 5.32 Å². The van der Waals surface area contributed by atoms with Crippen molar-refractivity contribution >= 4 is 54.4 Å². The summed E-state index contributed by atoms with van der Waals surface area (Å²) in [5.74, 6) is 0.917. The third-order valence-corrected chi connectivity index (χ3v) is 3.70. The molecular formula is C12H17Cl2NOS2. The molecule has 1 rings (SSSR count). The van der Waals surface area contributed by atoms with Gasteiger partial charge in [0.15, 0.2) is 0 Å². The summed E-state index contributed by atoms with van der Waals surface area (Å²) in [6, 6.07) is 5.04. The molecule has 6 heteroatoms. The molecule has 1 aromatic carbocycles. The van der Waals surface area contributed by atoms with Crippen molar-refractivity contribution in [2.75, 3.05) is 12.0 Å². The lowest BCUT2D eigenvalue weighted by atomic mass is 10.2. The summed E-state index contributed by atoms with van der Waals surface area (Å²) in [6.07, 6.45) is 3.00. The Balaban J connectivity index is 0.00000289. The first-order valence-electron chi connectivity index (χ1n) is 5.29. The van der Waals surface area contributed by atoms with Crippen LogP contribution < -0.4 is 5.32 Å². The molecule has 102 valence electrons. The summed E-state index contributed by atoms with van der Waals surface area (Å²) in [7, 11) is 0. The third-order valence-electron chi connectivity index (χ3n) is 2.31.